The maximum atomic E-state index is 4.52. The van der Waals surface area contributed by atoms with Gasteiger partial charge in [-0.05, 0) is 26.7 Å². The van der Waals surface area contributed by atoms with Crippen molar-refractivity contribution in [3.05, 3.63) is 33.8 Å². The molecule has 3 rings (SSSR count). The van der Waals surface area contributed by atoms with Crippen molar-refractivity contribution in [3.8, 4) is 0 Å². The van der Waals surface area contributed by atoms with Crippen molar-refractivity contribution in [2.24, 2.45) is 0 Å². The predicted octanol–water partition coefficient (Wildman–Crippen LogP) is 2.26. The molecule has 18 heavy (non-hydrogen) atoms. The Bertz CT molecular complexity index is 539. The quantitative estimate of drug-likeness (QED) is 0.898. The van der Waals surface area contributed by atoms with Crippen LogP contribution in [0.25, 0.3) is 0 Å². The van der Waals surface area contributed by atoms with Gasteiger partial charge in [-0.2, -0.15) is 0 Å². The van der Waals surface area contributed by atoms with Gasteiger partial charge >= 0.3 is 0 Å². The Hall–Kier alpha value is -1.20. The predicted molar refractivity (Wildman–Crippen MR) is 72.8 cm³/mol. The highest BCUT2D eigenvalue weighted by Crippen LogP contribution is 2.20. The first kappa shape index (κ1) is 11.9. The van der Waals surface area contributed by atoms with Crippen LogP contribution in [0.15, 0.2) is 11.6 Å². The van der Waals surface area contributed by atoms with E-state index in [2.05, 4.69) is 32.2 Å². The lowest BCUT2D eigenvalue weighted by Crippen LogP contribution is -2.18. The molecule has 2 heterocycles. The van der Waals surface area contributed by atoms with Gasteiger partial charge in [0.15, 0.2) is 0 Å². The standard InChI is InChI=1S/C13H18N4S/c1-9-8-18-13(16-9)7-17-10(2)14-5-12(17)6-15-11-3-4-11/h5,8,11,15H,3-4,6-7H2,1-2H3. The van der Waals surface area contributed by atoms with Gasteiger partial charge in [-0.3, -0.25) is 0 Å². The van der Waals surface area contributed by atoms with Gasteiger partial charge in [0.25, 0.3) is 0 Å². The Morgan fingerprint density at radius 2 is 2.28 bits per heavy atom. The molecule has 1 fully saturated rings. The van der Waals surface area contributed by atoms with Crippen LogP contribution >= 0.6 is 11.3 Å². The van der Waals surface area contributed by atoms with E-state index >= 15 is 0 Å². The van der Waals surface area contributed by atoms with E-state index in [1.807, 2.05) is 13.1 Å². The average molecular weight is 262 g/mol. The Labute approximate surface area is 111 Å². The monoisotopic (exact) mass is 262 g/mol. The van der Waals surface area contributed by atoms with Crippen molar-refractivity contribution in [1.29, 1.82) is 0 Å². The molecule has 2 aromatic rings. The van der Waals surface area contributed by atoms with E-state index in [1.165, 1.54) is 18.5 Å². The van der Waals surface area contributed by atoms with Crippen molar-refractivity contribution in [2.45, 2.75) is 45.8 Å². The van der Waals surface area contributed by atoms with Crippen LogP contribution in [0.2, 0.25) is 0 Å². The number of imidazole rings is 1. The van der Waals surface area contributed by atoms with Gasteiger partial charge in [0.1, 0.15) is 10.8 Å². The van der Waals surface area contributed by atoms with E-state index in [9.17, 15) is 0 Å². The Balaban J connectivity index is 1.74. The van der Waals surface area contributed by atoms with E-state index in [1.54, 1.807) is 11.3 Å². The van der Waals surface area contributed by atoms with Gasteiger partial charge in [-0.1, -0.05) is 0 Å². The van der Waals surface area contributed by atoms with Crippen molar-refractivity contribution in [2.75, 3.05) is 0 Å². The summed E-state index contributed by atoms with van der Waals surface area (Å²) in [5.41, 5.74) is 2.36. The normalized spacial score (nSPS) is 15.2. The van der Waals surface area contributed by atoms with Gasteiger partial charge in [-0.25, -0.2) is 9.97 Å². The summed E-state index contributed by atoms with van der Waals surface area (Å²) in [4.78, 5) is 8.94. The summed E-state index contributed by atoms with van der Waals surface area (Å²) >= 11 is 1.72. The molecular weight excluding hydrogens is 244 g/mol. The SMILES string of the molecule is Cc1csc(Cn2c(CNC3CC3)cnc2C)n1. The summed E-state index contributed by atoms with van der Waals surface area (Å²) in [7, 11) is 0. The molecule has 1 aliphatic carbocycles. The number of hydrogen-bond acceptors (Lipinski definition) is 4. The largest absolute Gasteiger partial charge is 0.324 e. The lowest BCUT2D eigenvalue weighted by atomic mass is 10.4. The summed E-state index contributed by atoms with van der Waals surface area (Å²) < 4.78 is 2.26. The first-order chi connectivity index (χ1) is 8.72. The Kier molecular flexibility index (Phi) is 3.18. The molecule has 0 atom stereocenters. The van der Waals surface area contributed by atoms with Crippen LogP contribution in [0.3, 0.4) is 0 Å². The molecule has 4 nitrogen and oxygen atoms in total. The lowest BCUT2D eigenvalue weighted by molar-refractivity contribution is 0.625. The molecular formula is C13H18N4S. The maximum absolute atomic E-state index is 4.52. The van der Waals surface area contributed by atoms with E-state index in [4.69, 9.17) is 0 Å². The summed E-state index contributed by atoms with van der Waals surface area (Å²) in [6, 6.07) is 0.732. The number of nitrogens with zero attached hydrogens (tertiary/aromatic N) is 3. The van der Waals surface area contributed by atoms with Crippen LogP contribution in [-0.2, 0) is 13.1 Å². The van der Waals surface area contributed by atoms with Crippen LogP contribution in [0.4, 0.5) is 0 Å². The Morgan fingerprint density at radius 3 is 2.94 bits per heavy atom. The van der Waals surface area contributed by atoms with E-state index < -0.39 is 0 Å². The van der Waals surface area contributed by atoms with Crippen molar-refractivity contribution in [1.82, 2.24) is 19.9 Å². The number of thiazole rings is 1. The topological polar surface area (TPSA) is 42.7 Å². The molecule has 1 aliphatic rings. The number of rotatable bonds is 5. The first-order valence-corrected chi connectivity index (χ1v) is 7.26. The minimum Gasteiger partial charge on any atom is -0.324 e. The van der Waals surface area contributed by atoms with Gasteiger partial charge in [0, 0.05) is 29.9 Å². The van der Waals surface area contributed by atoms with Crippen LogP contribution < -0.4 is 5.32 Å². The third kappa shape index (κ3) is 2.62. The second kappa shape index (κ2) is 4.82. The zero-order valence-corrected chi connectivity index (χ0v) is 11.6. The van der Waals surface area contributed by atoms with Gasteiger partial charge in [-0.15, -0.1) is 11.3 Å². The third-order valence-electron chi connectivity index (χ3n) is 3.25. The summed E-state index contributed by atoms with van der Waals surface area (Å²) in [6.45, 7) is 5.85. The molecule has 1 saturated carbocycles. The number of aryl methyl sites for hydroxylation is 2. The van der Waals surface area contributed by atoms with Gasteiger partial charge < -0.3 is 9.88 Å². The fourth-order valence-corrected chi connectivity index (χ4v) is 2.78. The van der Waals surface area contributed by atoms with Crippen LogP contribution in [0.1, 0.15) is 35.1 Å². The second-order valence-electron chi connectivity index (χ2n) is 4.92. The molecule has 96 valence electrons. The van der Waals surface area contributed by atoms with Gasteiger partial charge in [0.05, 0.1) is 12.2 Å². The summed E-state index contributed by atoms with van der Waals surface area (Å²) in [5, 5.41) is 6.79. The number of hydrogen-bond donors (Lipinski definition) is 1. The molecule has 0 radical (unpaired) electrons. The Morgan fingerprint density at radius 1 is 1.44 bits per heavy atom. The average Bonchev–Trinajstić information content (AvgIpc) is 3.00. The van der Waals surface area contributed by atoms with Gasteiger partial charge in [0.2, 0.25) is 0 Å². The zero-order chi connectivity index (χ0) is 12.5. The molecule has 0 aliphatic heterocycles. The molecule has 0 bridgehead atoms. The summed E-state index contributed by atoms with van der Waals surface area (Å²) in [6.07, 6.45) is 4.61. The number of nitrogens with one attached hydrogen (secondary N) is 1. The van der Waals surface area contributed by atoms with Crippen molar-refractivity contribution >= 4 is 11.3 Å². The first-order valence-electron chi connectivity index (χ1n) is 6.38. The molecule has 2 aromatic heterocycles. The molecule has 1 N–H and O–H groups in total. The second-order valence-corrected chi connectivity index (χ2v) is 5.86. The highest BCUT2D eigenvalue weighted by molar-refractivity contribution is 7.09. The van der Waals surface area contributed by atoms with Crippen LogP contribution in [0.5, 0.6) is 0 Å². The molecule has 0 unspecified atom stereocenters. The highest BCUT2D eigenvalue weighted by atomic mass is 32.1. The molecule has 0 saturated heterocycles. The smallest absolute Gasteiger partial charge is 0.113 e. The van der Waals surface area contributed by atoms with E-state index in [0.717, 1.165) is 35.7 Å². The zero-order valence-electron chi connectivity index (χ0n) is 10.8. The van der Waals surface area contributed by atoms with Crippen molar-refractivity contribution in [3.63, 3.8) is 0 Å². The molecule has 5 heteroatoms. The van der Waals surface area contributed by atoms with E-state index in [-0.39, 0.29) is 0 Å². The minimum atomic E-state index is 0.732. The summed E-state index contributed by atoms with van der Waals surface area (Å²) in [5.74, 6) is 1.07. The fraction of sp³-hybridized carbons (Fsp3) is 0.538. The van der Waals surface area contributed by atoms with E-state index in [0.29, 0.717) is 0 Å². The lowest BCUT2D eigenvalue weighted by Gasteiger charge is -2.09. The number of aromatic nitrogens is 3. The molecule has 0 spiro atoms. The third-order valence-corrected chi connectivity index (χ3v) is 4.20. The molecule has 0 amide bonds. The maximum Gasteiger partial charge on any atom is 0.113 e. The van der Waals surface area contributed by atoms with Crippen LogP contribution in [-0.4, -0.2) is 20.6 Å². The fourth-order valence-electron chi connectivity index (χ4n) is 2.02. The van der Waals surface area contributed by atoms with Crippen LogP contribution in [0, 0.1) is 13.8 Å². The minimum absolute atomic E-state index is 0.732. The van der Waals surface area contributed by atoms with Crippen molar-refractivity contribution < 1.29 is 0 Å². The molecule has 0 aromatic carbocycles. The highest BCUT2D eigenvalue weighted by Gasteiger charge is 2.21.